The minimum absolute atomic E-state index is 0.0198. The van der Waals surface area contributed by atoms with Crippen molar-refractivity contribution in [2.24, 2.45) is 0 Å². The van der Waals surface area contributed by atoms with E-state index in [4.69, 9.17) is 11.0 Å². The standard InChI is InChI=1S/C22H15F5N10O/c1-20(13-3-2-10(6-28)7-30-13)14-15(29)34-16(35-17(14)36-19(20)38)12-8-37-18(31-9-32-37)11(33-12)4-5-21(23,24)22(25,26)27/h2-3,7-9H,4-5H2,1H3,(H3,29,34,35,36,38). The number of nitrogens with zero attached hydrogens (tertiary/aromatic N) is 8. The van der Waals surface area contributed by atoms with Gasteiger partial charge in [-0.2, -0.15) is 32.3 Å². The van der Waals surface area contributed by atoms with Crippen LogP contribution in [0.2, 0.25) is 0 Å². The smallest absolute Gasteiger partial charge is 0.383 e. The number of halogens is 5. The maximum atomic E-state index is 13.6. The Labute approximate surface area is 209 Å². The summed E-state index contributed by atoms with van der Waals surface area (Å²) in [7, 11) is 0. The average molecular weight is 530 g/mol. The zero-order valence-corrected chi connectivity index (χ0v) is 19.3. The van der Waals surface area contributed by atoms with E-state index in [2.05, 4.69) is 35.3 Å². The van der Waals surface area contributed by atoms with Crippen LogP contribution in [0.3, 0.4) is 0 Å². The SMILES string of the molecule is CC1(c2ccc(C#N)cn2)C(=O)Nc2nc(-c3cn4ncnc4c(CCC(F)(F)C(F)(F)F)n3)nc(N)c21. The number of aromatic nitrogens is 7. The van der Waals surface area contributed by atoms with E-state index in [1.54, 1.807) is 6.92 Å². The van der Waals surface area contributed by atoms with E-state index in [1.165, 1.54) is 24.5 Å². The number of nitrogens with one attached hydrogen (secondary N) is 1. The summed E-state index contributed by atoms with van der Waals surface area (Å²) in [5, 5.41) is 15.5. The van der Waals surface area contributed by atoms with Crippen molar-refractivity contribution in [2.45, 2.75) is 37.3 Å². The largest absolute Gasteiger partial charge is 0.453 e. The highest BCUT2D eigenvalue weighted by Gasteiger charge is 2.56. The van der Waals surface area contributed by atoms with Crippen molar-refractivity contribution in [3.8, 4) is 17.6 Å². The minimum Gasteiger partial charge on any atom is -0.383 e. The van der Waals surface area contributed by atoms with Crippen molar-refractivity contribution >= 4 is 23.2 Å². The van der Waals surface area contributed by atoms with E-state index >= 15 is 0 Å². The molecule has 0 radical (unpaired) electrons. The van der Waals surface area contributed by atoms with Gasteiger partial charge >= 0.3 is 12.1 Å². The van der Waals surface area contributed by atoms with Gasteiger partial charge in [-0.1, -0.05) is 0 Å². The van der Waals surface area contributed by atoms with Gasteiger partial charge in [0, 0.05) is 12.6 Å². The van der Waals surface area contributed by atoms with Crippen LogP contribution >= 0.6 is 0 Å². The van der Waals surface area contributed by atoms with Crippen molar-refractivity contribution in [3.05, 3.63) is 53.4 Å². The quantitative estimate of drug-likeness (QED) is 0.370. The summed E-state index contributed by atoms with van der Waals surface area (Å²) in [5.74, 6) is -5.68. The highest BCUT2D eigenvalue weighted by Crippen LogP contribution is 2.44. The molecular formula is C22H15F5N10O. The van der Waals surface area contributed by atoms with E-state index in [0.717, 1.165) is 10.8 Å². The molecule has 4 aromatic rings. The monoisotopic (exact) mass is 530 g/mol. The molecule has 3 N–H and O–H groups in total. The van der Waals surface area contributed by atoms with Crippen LogP contribution in [-0.4, -0.2) is 52.5 Å². The number of alkyl halides is 5. The number of pyridine rings is 1. The van der Waals surface area contributed by atoms with E-state index in [0.29, 0.717) is 0 Å². The topological polar surface area (TPSA) is 161 Å². The predicted octanol–water partition coefficient (Wildman–Crippen LogP) is 2.82. The Morgan fingerprint density at radius 1 is 1.16 bits per heavy atom. The molecule has 4 aromatic heterocycles. The first-order valence-electron chi connectivity index (χ1n) is 10.9. The molecule has 5 heterocycles. The fourth-order valence-electron chi connectivity index (χ4n) is 4.11. The van der Waals surface area contributed by atoms with E-state index < -0.39 is 36.3 Å². The number of nitrogens with two attached hydrogens (primary N) is 1. The Bertz CT molecular complexity index is 1630. The van der Waals surface area contributed by atoms with Crippen molar-refractivity contribution in [1.29, 1.82) is 5.26 Å². The molecule has 1 amide bonds. The van der Waals surface area contributed by atoms with Crippen molar-refractivity contribution in [1.82, 2.24) is 34.5 Å². The van der Waals surface area contributed by atoms with Gasteiger partial charge in [-0.15, -0.1) is 0 Å². The molecule has 11 nitrogen and oxygen atoms in total. The number of hydrogen-bond acceptors (Lipinski definition) is 9. The lowest BCUT2D eigenvalue weighted by molar-refractivity contribution is -0.284. The summed E-state index contributed by atoms with van der Waals surface area (Å²) in [6.07, 6.45) is -4.37. The molecule has 0 spiro atoms. The lowest BCUT2D eigenvalue weighted by Crippen LogP contribution is -2.36. The van der Waals surface area contributed by atoms with E-state index in [9.17, 15) is 26.7 Å². The van der Waals surface area contributed by atoms with Crippen LogP contribution in [-0.2, 0) is 16.6 Å². The molecule has 38 heavy (non-hydrogen) atoms. The van der Waals surface area contributed by atoms with Gasteiger partial charge in [0.2, 0.25) is 5.91 Å². The van der Waals surface area contributed by atoms with Crippen LogP contribution in [0.4, 0.5) is 33.6 Å². The lowest BCUT2D eigenvalue weighted by atomic mass is 9.80. The summed E-state index contributed by atoms with van der Waals surface area (Å²) in [6.45, 7) is 1.56. The Kier molecular flexibility index (Phi) is 5.47. The maximum Gasteiger partial charge on any atom is 0.453 e. The number of carbonyl (C=O) groups is 1. The molecule has 5 rings (SSSR count). The molecule has 1 atom stereocenters. The van der Waals surface area contributed by atoms with Gasteiger partial charge in [-0.25, -0.2) is 24.5 Å². The predicted molar refractivity (Wildman–Crippen MR) is 120 cm³/mol. The normalized spacial score (nSPS) is 17.3. The van der Waals surface area contributed by atoms with Gasteiger partial charge in [-0.05, 0) is 25.5 Å². The maximum absolute atomic E-state index is 13.6. The van der Waals surface area contributed by atoms with Crippen LogP contribution in [0.15, 0.2) is 30.9 Å². The fraction of sp³-hybridized carbons (Fsp3) is 0.273. The molecule has 0 bridgehead atoms. The zero-order chi connectivity index (χ0) is 27.5. The van der Waals surface area contributed by atoms with Crippen molar-refractivity contribution in [2.75, 3.05) is 11.1 Å². The highest BCUT2D eigenvalue weighted by molar-refractivity contribution is 6.08. The Morgan fingerprint density at radius 2 is 1.92 bits per heavy atom. The molecule has 194 valence electrons. The van der Waals surface area contributed by atoms with Crippen LogP contribution in [0, 0.1) is 11.3 Å². The second kappa shape index (κ2) is 8.36. The Hall–Kier alpha value is -4.81. The number of rotatable bonds is 5. The molecular weight excluding hydrogens is 515 g/mol. The summed E-state index contributed by atoms with van der Waals surface area (Å²) < 4.78 is 66.3. The summed E-state index contributed by atoms with van der Waals surface area (Å²) in [5.41, 5.74) is 5.35. The third-order valence-electron chi connectivity index (χ3n) is 6.18. The van der Waals surface area contributed by atoms with Crippen molar-refractivity contribution < 1.29 is 26.7 Å². The number of anilines is 2. The molecule has 0 saturated heterocycles. The fourth-order valence-corrected chi connectivity index (χ4v) is 4.11. The third kappa shape index (κ3) is 3.83. The van der Waals surface area contributed by atoms with E-state index in [1.807, 2.05) is 6.07 Å². The molecule has 0 aromatic carbocycles. The van der Waals surface area contributed by atoms with Gasteiger partial charge in [-0.3, -0.25) is 9.78 Å². The third-order valence-corrected chi connectivity index (χ3v) is 6.18. The number of nitrogen functional groups attached to an aromatic ring is 1. The van der Waals surface area contributed by atoms with Crippen LogP contribution in [0.1, 0.15) is 35.9 Å². The second-order valence-electron chi connectivity index (χ2n) is 8.58. The Balaban J connectivity index is 1.56. The molecule has 1 aliphatic heterocycles. The molecule has 0 fully saturated rings. The average Bonchev–Trinajstić information content (AvgIpc) is 3.44. The first-order valence-corrected chi connectivity index (χ1v) is 10.9. The summed E-state index contributed by atoms with van der Waals surface area (Å²) >= 11 is 0. The van der Waals surface area contributed by atoms with Crippen molar-refractivity contribution in [3.63, 3.8) is 0 Å². The summed E-state index contributed by atoms with van der Waals surface area (Å²) in [4.78, 5) is 33.8. The van der Waals surface area contributed by atoms with Crippen LogP contribution < -0.4 is 11.1 Å². The first kappa shape index (κ1) is 24.9. The highest BCUT2D eigenvalue weighted by atomic mass is 19.4. The number of carbonyl (C=O) groups excluding carboxylic acids is 1. The number of hydrogen-bond donors (Lipinski definition) is 2. The van der Waals surface area contributed by atoms with E-state index in [-0.39, 0.29) is 51.3 Å². The summed E-state index contributed by atoms with van der Waals surface area (Å²) in [6, 6.07) is 4.93. The minimum atomic E-state index is -5.72. The van der Waals surface area contributed by atoms with Gasteiger partial charge in [0.25, 0.3) is 0 Å². The zero-order valence-electron chi connectivity index (χ0n) is 19.3. The molecule has 0 aliphatic carbocycles. The second-order valence-corrected chi connectivity index (χ2v) is 8.58. The van der Waals surface area contributed by atoms with Gasteiger partial charge in [0.05, 0.1) is 28.7 Å². The first-order chi connectivity index (χ1) is 17.8. The number of amides is 1. The molecule has 1 unspecified atom stereocenters. The van der Waals surface area contributed by atoms with Gasteiger partial charge in [0.1, 0.15) is 35.1 Å². The Morgan fingerprint density at radius 3 is 2.58 bits per heavy atom. The number of nitriles is 1. The van der Waals surface area contributed by atoms with Gasteiger partial charge < -0.3 is 11.1 Å². The lowest BCUT2D eigenvalue weighted by Gasteiger charge is -2.22. The number of aryl methyl sites for hydroxylation is 1. The number of fused-ring (bicyclic) bond motifs is 2. The van der Waals surface area contributed by atoms with Crippen LogP contribution in [0.25, 0.3) is 17.2 Å². The molecule has 16 heteroatoms. The van der Waals surface area contributed by atoms with Crippen LogP contribution in [0.5, 0.6) is 0 Å². The molecule has 1 aliphatic rings. The molecule has 0 saturated carbocycles. The van der Waals surface area contributed by atoms with Gasteiger partial charge in [0.15, 0.2) is 11.5 Å².